The SMILES string of the molecule is CC(C)(C)OC(=O)Nc1ccc(Cc2cccc(C(=O)O)c2)cc1. The van der Waals surface area contributed by atoms with Gasteiger partial charge >= 0.3 is 12.1 Å². The first-order chi connectivity index (χ1) is 11.2. The maximum absolute atomic E-state index is 11.7. The number of carbonyl (C=O) groups excluding carboxylic acids is 1. The number of aromatic carboxylic acids is 1. The zero-order valence-electron chi connectivity index (χ0n) is 14.0. The van der Waals surface area contributed by atoms with Crippen LogP contribution in [0.2, 0.25) is 0 Å². The molecule has 0 saturated heterocycles. The summed E-state index contributed by atoms with van der Waals surface area (Å²) in [6, 6.07) is 14.2. The normalized spacial score (nSPS) is 11.0. The molecule has 0 bridgehead atoms. The molecule has 2 aromatic rings. The van der Waals surface area contributed by atoms with Crippen LogP contribution in [0.25, 0.3) is 0 Å². The van der Waals surface area contributed by atoms with Crippen LogP contribution < -0.4 is 5.32 Å². The molecule has 0 aromatic heterocycles. The molecule has 0 aliphatic rings. The van der Waals surface area contributed by atoms with E-state index >= 15 is 0 Å². The second-order valence-corrected chi connectivity index (χ2v) is 6.51. The van der Waals surface area contributed by atoms with E-state index in [4.69, 9.17) is 9.84 Å². The van der Waals surface area contributed by atoms with Crippen molar-refractivity contribution in [2.75, 3.05) is 5.32 Å². The van der Waals surface area contributed by atoms with Gasteiger partial charge in [0.2, 0.25) is 0 Å². The third kappa shape index (κ3) is 5.43. The standard InChI is InChI=1S/C19H21NO4/c1-19(2,3)24-18(23)20-16-9-7-13(8-10-16)11-14-5-4-6-15(12-14)17(21)22/h4-10,12H,11H2,1-3H3,(H,20,23)(H,21,22). The molecule has 1 amide bonds. The molecule has 0 fully saturated rings. The van der Waals surface area contributed by atoms with E-state index in [1.807, 2.05) is 18.2 Å². The molecule has 0 unspecified atom stereocenters. The van der Waals surface area contributed by atoms with Crippen LogP contribution in [-0.2, 0) is 11.2 Å². The number of amides is 1. The summed E-state index contributed by atoms with van der Waals surface area (Å²) in [6.45, 7) is 5.42. The highest BCUT2D eigenvalue weighted by Gasteiger charge is 2.16. The van der Waals surface area contributed by atoms with E-state index in [0.29, 0.717) is 12.1 Å². The van der Waals surface area contributed by atoms with E-state index in [1.54, 1.807) is 51.1 Å². The molecule has 0 saturated carbocycles. The van der Waals surface area contributed by atoms with Gasteiger partial charge in [0.1, 0.15) is 5.60 Å². The number of carbonyl (C=O) groups is 2. The molecule has 5 heteroatoms. The summed E-state index contributed by atoms with van der Waals surface area (Å²) < 4.78 is 5.20. The largest absolute Gasteiger partial charge is 0.478 e. The number of carboxylic acids is 1. The number of carboxylic acid groups (broad SMARTS) is 1. The minimum Gasteiger partial charge on any atom is -0.478 e. The molecular weight excluding hydrogens is 306 g/mol. The molecule has 0 aliphatic heterocycles. The first kappa shape index (κ1) is 17.5. The zero-order chi connectivity index (χ0) is 17.7. The maximum Gasteiger partial charge on any atom is 0.412 e. The predicted molar refractivity (Wildman–Crippen MR) is 92.5 cm³/mol. The number of ether oxygens (including phenoxy) is 1. The van der Waals surface area contributed by atoms with Gasteiger partial charge in [-0.05, 0) is 62.6 Å². The van der Waals surface area contributed by atoms with Gasteiger partial charge in [-0.25, -0.2) is 9.59 Å². The van der Waals surface area contributed by atoms with Crippen molar-refractivity contribution in [1.29, 1.82) is 0 Å². The Morgan fingerprint density at radius 3 is 2.29 bits per heavy atom. The van der Waals surface area contributed by atoms with Crippen molar-refractivity contribution < 1.29 is 19.4 Å². The molecule has 0 spiro atoms. The van der Waals surface area contributed by atoms with Crippen molar-refractivity contribution in [3.8, 4) is 0 Å². The maximum atomic E-state index is 11.7. The fraction of sp³-hybridized carbons (Fsp3) is 0.263. The summed E-state index contributed by atoms with van der Waals surface area (Å²) in [5.74, 6) is -0.936. The van der Waals surface area contributed by atoms with Gasteiger partial charge in [-0.2, -0.15) is 0 Å². The quantitative estimate of drug-likeness (QED) is 0.877. The summed E-state index contributed by atoms with van der Waals surface area (Å²) in [7, 11) is 0. The van der Waals surface area contributed by atoms with Gasteiger partial charge in [0.05, 0.1) is 5.56 Å². The number of hydrogen-bond donors (Lipinski definition) is 2. The van der Waals surface area contributed by atoms with E-state index in [0.717, 1.165) is 11.1 Å². The van der Waals surface area contributed by atoms with Crippen LogP contribution in [0.3, 0.4) is 0 Å². The van der Waals surface area contributed by atoms with Crippen LogP contribution in [0.15, 0.2) is 48.5 Å². The van der Waals surface area contributed by atoms with Crippen LogP contribution in [0.1, 0.15) is 42.3 Å². The molecule has 126 valence electrons. The number of anilines is 1. The predicted octanol–water partition coefficient (Wildman–Crippen LogP) is 4.32. The van der Waals surface area contributed by atoms with Crippen molar-refractivity contribution in [1.82, 2.24) is 0 Å². The summed E-state index contributed by atoms with van der Waals surface area (Å²) in [6.07, 6.45) is 0.123. The molecule has 24 heavy (non-hydrogen) atoms. The third-order valence-electron chi connectivity index (χ3n) is 3.18. The minimum absolute atomic E-state index is 0.274. The lowest BCUT2D eigenvalue weighted by molar-refractivity contribution is 0.0634. The van der Waals surface area contributed by atoms with E-state index in [1.165, 1.54) is 0 Å². The molecule has 2 rings (SSSR count). The molecule has 2 N–H and O–H groups in total. The van der Waals surface area contributed by atoms with Crippen LogP contribution in [0.5, 0.6) is 0 Å². The fourth-order valence-corrected chi connectivity index (χ4v) is 2.18. The Morgan fingerprint density at radius 1 is 1.04 bits per heavy atom. The molecule has 5 nitrogen and oxygen atoms in total. The van der Waals surface area contributed by atoms with E-state index in [2.05, 4.69) is 5.32 Å². The van der Waals surface area contributed by atoms with E-state index in [9.17, 15) is 9.59 Å². The summed E-state index contributed by atoms with van der Waals surface area (Å²) in [4.78, 5) is 22.7. The number of nitrogens with one attached hydrogen (secondary N) is 1. The van der Waals surface area contributed by atoms with Gasteiger partial charge in [-0.15, -0.1) is 0 Å². The van der Waals surface area contributed by atoms with Crippen LogP contribution >= 0.6 is 0 Å². The smallest absolute Gasteiger partial charge is 0.412 e. The second kappa shape index (κ2) is 7.17. The molecule has 2 aromatic carbocycles. The van der Waals surface area contributed by atoms with Crippen molar-refractivity contribution in [2.45, 2.75) is 32.8 Å². The highest BCUT2D eigenvalue weighted by molar-refractivity contribution is 5.87. The Balaban J connectivity index is 2.01. The Hall–Kier alpha value is -2.82. The molecule has 0 heterocycles. The highest BCUT2D eigenvalue weighted by Crippen LogP contribution is 2.16. The van der Waals surface area contributed by atoms with Gasteiger partial charge in [0.25, 0.3) is 0 Å². The summed E-state index contributed by atoms with van der Waals surface area (Å²) in [5, 5.41) is 11.7. The van der Waals surface area contributed by atoms with Crippen molar-refractivity contribution in [3.05, 3.63) is 65.2 Å². The van der Waals surface area contributed by atoms with Crippen molar-refractivity contribution >= 4 is 17.7 Å². The summed E-state index contributed by atoms with van der Waals surface area (Å²) in [5.41, 5.74) is 2.32. The summed E-state index contributed by atoms with van der Waals surface area (Å²) >= 11 is 0. The molecule has 0 atom stereocenters. The van der Waals surface area contributed by atoms with Gasteiger partial charge in [-0.1, -0.05) is 24.3 Å². The average molecular weight is 327 g/mol. The Morgan fingerprint density at radius 2 is 1.71 bits per heavy atom. The van der Waals surface area contributed by atoms with Gasteiger partial charge < -0.3 is 9.84 Å². The number of rotatable bonds is 4. The number of benzene rings is 2. The topological polar surface area (TPSA) is 75.6 Å². The van der Waals surface area contributed by atoms with Gasteiger partial charge in [-0.3, -0.25) is 5.32 Å². The van der Waals surface area contributed by atoms with Crippen LogP contribution in [-0.4, -0.2) is 22.8 Å². The molecule has 0 radical (unpaired) electrons. The second-order valence-electron chi connectivity index (χ2n) is 6.51. The van der Waals surface area contributed by atoms with E-state index in [-0.39, 0.29) is 5.56 Å². The van der Waals surface area contributed by atoms with E-state index < -0.39 is 17.7 Å². The zero-order valence-corrected chi connectivity index (χ0v) is 14.0. The molecule has 0 aliphatic carbocycles. The van der Waals surface area contributed by atoms with Gasteiger partial charge in [0.15, 0.2) is 0 Å². The lowest BCUT2D eigenvalue weighted by atomic mass is 10.0. The first-order valence-corrected chi connectivity index (χ1v) is 7.64. The van der Waals surface area contributed by atoms with Crippen LogP contribution in [0, 0.1) is 0 Å². The van der Waals surface area contributed by atoms with Crippen LogP contribution in [0.4, 0.5) is 10.5 Å². The minimum atomic E-state index is -0.936. The average Bonchev–Trinajstić information content (AvgIpc) is 2.47. The Bertz CT molecular complexity index is 730. The van der Waals surface area contributed by atoms with Gasteiger partial charge in [0, 0.05) is 5.69 Å². The Kier molecular flexibility index (Phi) is 5.24. The monoisotopic (exact) mass is 327 g/mol. The Labute approximate surface area is 141 Å². The molecular formula is C19H21NO4. The van der Waals surface area contributed by atoms with Crippen molar-refractivity contribution in [2.24, 2.45) is 0 Å². The lowest BCUT2D eigenvalue weighted by Gasteiger charge is -2.19. The third-order valence-corrected chi connectivity index (χ3v) is 3.18. The van der Waals surface area contributed by atoms with Crippen molar-refractivity contribution in [3.63, 3.8) is 0 Å². The first-order valence-electron chi connectivity index (χ1n) is 7.64. The lowest BCUT2D eigenvalue weighted by Crippen LogP contribution is -2.27. The number of hydrogen-bond acceptors (Lipinski definition) is 3. The fourth-order valence-electron chi connectivity index (χ4n) is 2.18. The highest BCUT2D eigenvalue weighted by atomic mass is 16.6.